The second-order valence-electron chi connectivity index (χ2n) is 30.6. The first-order chi connectivity index (χ1) is 58.5. The van der Waals surface area contributed by atoms with Gasteiger partial charge in [-0.2, -0.15) is 0 Å². The van der Waals surface area contributed by atoms with Crippen LogP contribution in [0.25, 0.3) is 218 Å². The molecule has 0 aliphatic heterocycles. The molecule has 0 aliphatic carbocycles. The number of hydrogen-bond acceptors (Lipinski definition) is 6. The Balaban J connectivity index is 0.000000104. The minimum Gasteiger partial charge on any atom is -0.456 e. The molecule has 0 spiro atoms. The van der Waals surface area contributed by atoms with Crippen LogP contribution >= 0.6 is 0 Å². The average Bonchev–Trinajstić information content (AvgIpc) is 1.07. The minimum absolute atomic E-state index is 0.745. The van der Waals surface area contributed by atoms with Crippen LogP contribution in [0, 0.1) is 0 Å². The third-order valence-electron chi connectivity index (χ3n) is 23.9. The lowest BCUT2D eigenvalue weighted by Crippen LogP contribution is -2.10. The van der Waals surface area contributed by atoms with Gasteiger partial charge < -0.3 is 9.32 Å². The number of para-hydroxylation sites is 5. The molecule has 25 rings (SSSR count). The first-order valence-electron chi connectivity index (χ1n) is 40.2. The number of fused-ring (bicyclic) bond motifs is 26. The smallest absolute Gasteiger partial charge is 0.160 e. The largest absolute Gasteiger partial charge is 0.456 e. The molecule has 0 saturated heterocycles. The lowest BCUT2D eigenvalue weighted by Gasteiger charge is -2.26. The van der Waals surface area contributed by atoms with Gasteiger partial charge in [-0.3, -0.25) is 0 Å². The molecule has 0 atom stereocenters. The Morgan fingerprint density at radius 2 is 0.525 bits per heavy atom. The van der Waals surface area contributed by atoms with Gasteiger partial charge in [0.1, 0.15) is 11.2 Å². The standard InChI is InChI=1S/C40H25NO.2C36H22N2/c1-2-10-28(11-3-1)41(37-14-8-16-39-40(37)36-13-6-7-15-38(36)42-39)29-19-22-31-27(25-29)18-21-35-33(31)24-23-32-30-12-5-4-9-26(30)17-20-34(32)35;1-2-9-24(10-3-1)35-36(38-34-13-7-6-12-33(34)37-35)26-16-17-28-25(22-26)15-19-32-30(28)21-20-29-27-11-5-4-8-23(27)14-18-31(29)32;1-2-9-24(10-3-1)35-33-12-6-7-13-34(33)37-36(38-35)26-16-17-28-25(22-26)15-19-32-30(28)21-20-29-27-11-5-4-8-23(27)14-18-31(29)32/h1-25H;2*1-22H. The van der Waals surface area contributed by atoms with Crippen molar-refractivity contribution in [2.75, 3.05) is 4.90 Å². The Kier molecular flexibility index (Phi) is 16.2. The Morgan fingerprint density at radius 3 is 1.04 bits per heavy atom. The third-order valence-corrected chi connectivity index (χ3v) is 23.9. The molecular formula is C112H69N5O. The van der Waals surface area contributed by atoms with Crippen LogP contribution in [0.2, 0.25) is 0 Å². The molecule has 548 valence electrons. The second kappa shape index (κ2) is 28.1. The van der Waals surface area contributed by atoms with Crippen LogP contribution in [0.1, 0.15) is 0 Å². The van der Waals surface area contributed by atoms with Gasteiger partial charge in [-0.1, -0.05) is 346 Å². The van der Waals surface area contributed by atoms with E-state index in [4.69, 9.17) is 24.4 Å². The zero-order chi connectivity index (χ0) is 77.7. The van der Waals surface area contributed by atoms with Crippen LogP contribution in [0.5, 0.6) is 0 Å². The Morgan fingerprint density at radius 1 is 0.178 bits per heavy atom. The Hall–Kier alpha value is -15.8. The monoisotopic (exact) mass is 1500 g/mol. The fraction of sp³-hybridized carbons (Fsp3) is 0. The van der Waals surface area contributed by atoms with Gasteiger partial charge in [0.2, 0.25) is 0 Å². The maximum atomic E-state index is 6.27. The Bertz CT molecular complexity index is 8390. The van der Waals surface area contributed by atoms with E-state index in [9.17, 15) is 0 Å². The molecule has 0 saturated carbocycles. The molecule has 3 heterocycles. The van der Waals surface area contributed by atoms with Gasteiger partial charge in [0.15, 0.2) is 5.82 Å². The highest BCUT2D eigenvalue weighted by Crippen LogP contribution is 2.46. The van der Waals surface area contributed by atoms with Crippen LogP contribution in [0.15, 0.2) is 423 Å². The van der Waals surface area contributed by atoms with E-state index in [2.05, 4.69) is 363 Å². The summed E-state index contributed by atoms with van der Waals surface area (Å²) in [6.45, 7) is 0. The summed E-state index contributed by atoms with van der Waals surface area (Å²) >= 11 is 0. The molecule has 118 heavy (non-hydrogen) atoms. The van der Waals surface area contributed by atoms with E-state index in [0.29, 0.717) is 0 Å². The molecule has 22 aromatic carbocycles. The Labute approximate surface area is 678 Å². The van der Waals surface area contributed by atoms with Gasteiger partial charge in [-0.25, -0.2) is 19.9 Å². The van der Waals surface area contributed by atoms with Gasteiger partial charge in [-0.05, 0) is 202 Å². The average molecular weight is 1500 g/mol. The van der Waals surface area contributed by atoms with E-state index in [-0.39, 0.29) is 0 Å². The van der Waals surface area contributed by atoms with Crippen molar-refractivity contribution in [3.63, 3.8) is 0 Å². The summed E-state index contributed by atoms with van der Waals surface area (Å²) in [5.41, 5.74) is 14.9. The first-order valence-corrected chi connectivity index (χ1v) is 40.2. The molecule has 6 heteroatoms. The fourth-order valence-corrected chi connectivity index (χ4v) is 18.3. The van der Waals surface area contributed by atoms with E-state index in [1.165, 1.54) is 129 Å². The van der Waals surface area contributed by atoms with Gasteiger partial charge in [-0.15, -0.1) is 0 Å². The second-order valence-corrected chi connectivity index (χ2v) is 30.6. The van der Waals surface area contributed by atoms with Gasteiger partial charge in [0, 0.05) is 44.4 Å². The molecule has 0 aliphatic rings. The van der Waals surface area contributed by atoms with E-state index < -0.39 is 0 Å². The summed E-state index contributed by atoms with van der Waals surface area (Å²) in [5, 5.41) is 33.8. The topological polar surface area (TPSA) is 67.9 Å². The minimum atomic E-state index is 0.745. The predicted octanol–water partition coefficient (Wildman–Crippen LogP) is 30.8. The van der Waals surface area contributed by atoms with Crippen molar-refractivity contribution in [2.45, 2.75) is 0 Å². The van der Waals surface area contributed by atoms with Gasteiger partial charge in [0.05, 0.1) is 44.7 Å². The number of rotatable bonds is 7. The predicted molar refractivity (Wildman–Crippen MR) is 499 cm³/mol. The van der Waals surface area contributed by atoms with Crippen molar-refractivity contribution in [1.29, 1.82) is 0 Å². The number of anilines is 3. The van der Waals surface area contributed by atoms with Crippen LogP contribution in [-0.2, 0) is 0 Å². The summed E-state index contributed by atoms with van der Waals surface area (Å²) in [4.78, 5) is 22.5. The molecule has 0 unspecified atom stereocenters. The maximum Gasteiger partial charge on any atom is 0.160 e. The lowest BCUT2D eigenvalue weighted by atomic mass is 9.93. The van der Waals surface area contributed by atoms with Crippen molar-refractivity contribution in [1.82, 2.24) is 19.9 Å². The summed E-state index contributed by atoms with van der Waals surface area (Å²) in [6, 6.07) is 149. The number of aromatic nitrogens is 4. The van der Waals surface area contributed by atoms with E-state index in [1.807, 2.05) is 60.7 Å². The van der Waals surface area contributed by atoms with Crippen LogP contribution in [0.4, 0.5) is 17.1 Å². The van der Waals surface area contributed by atoms with E-state index >= 15 is 0 Å². The summed E-state index contributed by atoms with van der Waals surface area (Å²) < 4.78 is 6.27. The summed E-state index contributed by atoms with van der Waals surface area (Å²) in [7, 11) is 0. The fourth-order valence-electron chi connectivity index (χ4n) is 18.3. The maximum absolute atomic E-state index is 6.27. The van der Waals surface area contributed by atoms with Gasteiger partial charge >= 0.3 is 0 Å². The summed E-state index contributed by atoms with van der Waals surface area (Å²) in [6.07, 6.45) is 0. The highest BCUT2D eigenvalue weighted by molar-refractivity contribution is 6.26. The SMILES string of the molecule is c1ccc(-c2nc(-c3ccc4c(ccc5c4ccc4c6ccccc6ccc45)c3)nc3ccccc23)cc1.c1ccc(-c2nc3ccccc3nc2-c2ccc3c(ccc4c3ccc3c5ccccc5ccc34)c2)cc1.c1ccc(N(c2ccc3c(ccc4c3ccc3c5ccccc5ccc34)c2)c2cccc3oc4ccccc4c23)cc1. The van der Waals surface area contributed by atoms with Gasteiger partial charge in [0.25, 0.3) is 0 Å². The van der Waals surface area contributed by atoms with Crippen molar-refractivity contribution >= 4 is 190 Å². The van der Waals surface area contributed by atoms with Crippen molar-refractivity contribution in [3.05, 3.63) is 419 Å². The lowest BCUT2D eigenvalue weighted by molar-refractivity contribution is 0.669. The summed E-state index contributed by atoms with van der Waals surface area (Å²) in [5.74, 6) is 0.745. The molecule has 25 aromatic rings. The van der Waals surface area contributed by atoms with Crippen LogP contribution < -0.4 is 4.90 Å². The number of nitrogens with zero attached hydrogens (tertiary/aromatic N) is 5. The molecular weight excluding hydrogens is 1430 g/mol. The zero-order valence-electron chi connectivity index (χ0n) is 64.0. The molecule has 0 N–H and O–H groups in total. The molecule has 3 aromatic heterocycles. The number of hydrogen-bond donors (Lipinski definition) is 0. The number of furan rings is 1. The van der Waals surface area contributed by atoms with Crippen LogP contribution in [-0.4, -0.2) is 19.9 Å². The molecule has 0 bridgehead atoms. The molecule has 0 radical (unpaired) electrons. The highest BCUT2D eigenvalue weighted by atomic mass is 16.3. The quantitative estimate of drug-likeness (QED) is 0.148. The normalized spacial score (nSPS) is 11.7. The molecule has 0 amide bonds. The third kappa shape index (κ3) is 11.6. The highest BCUT2D eigenvalue weighted by Gasteiger charge is 2.22. The van der Waals surface area contributed by atoms with E-state index in [0.717, 1.165) is 106 Å². The molecule has 0 fully saturated rings. The van der Waals surface area contributed by atoms with Crippen molar-refractivity contribution < 1.29 is 4.42 Å². The van der Waals surface area contributed by atoms with Crippen molar-refractivity contribution in [3.8, 4) is 45.2 Å². The molecule has 6 nitrogen and oxygen atoms in total. The first kappa shape index (κ1) is 67.9. The van der Waals surface area contributed by atoms with Crippen LogP contribution in [0.3, 0.4) is 0 Å². The zero-order valence-corrected chi connectivity index (χ0v) is 64.0. The number of benzene rings is 22. The van der Waals surface area contributed by atoms with Crippen molar-refractivity contribution in [2.24, 2.45) is 0 Å². The van der Waals surface area contributed by atoms with E-state index in [1.54, 1.807) is 0 Å².